The van der Waals surface area contributed by atoms with Crippen LogP contribution in [0, 0.1) is 24.2 Å². The Kier molecular flexibility index (Phi) is 10.3. The number of anilines is 2. The van der Waals surface area contributed by atoms with E-state index >= 15 is 0 Å². The van der Waals surface area contributed by atoms with Crippen molar-refractivity contribution >= 4 is 39.7 Å². The van der Waals surface area contributed by atoms with Crippen LogP contribution >= 0.6 is 11.3 Å². The highest BCUT2D eigenvalue weighted by Gasteiger charge is 2.35. The van der Waals surface area contributed by atoms with Gasteiger partial charge < -0.3 is 26.0 Å². The summed E-state index contributed by atoms with van der Waals surface area (Å²) in [6, 6.07) is 3.99. The molecule has 2 aromatic rings. The van der Waals surface area contributed by atoms with Gasteiger partial charge in [-0.1, -0.05) is 13.3 Å². The highest BCUT2D eigenvalue weighted by Crippen LogP contribution is 2.44. The first-order valence-corrected chi connectivity index (χ1v) is 15.5. The van der Waals surface area contributed by atoms with Crippen LogP contribution in [0.2, 0.25) is 0 Å². The molecule has 0 saturated carbocycles. The molecular weight excluding hydrogens is 564 g/mol. The number of thiophene rings is 1. The molecule has 3 aliphatic rings. The molecule has 5 rings (SSSR count). The van der Waals surface area contributed by atoms with Crippen LogP contribution in [-0.4, -0.2) is 78.0 Å². The van der Waals surface area contributed by atoms with E-state index < -0.39 is 5.92 Å². The van der Waals surface area contributed by atoms with Gasteiger partial charge in [-0.3, -0.25) is 9.69 Å². The van der Waals surface area contributed by atoms with Gasteiger partial charge in [0.2, 0.25) is 5.88 Å². The number of rotatable bonds is 9. The van der Waals surface area contributed by atoms with E-state index in [1.807, 2.05) is 6.92 Å². The molecule has 0 unspecified atom stereocenters. The lowest BCUT2D eigenvalue weighted by Crippen LogP contribution is -2.32. The Morgan fingerprint density at radius 2 is 1.98 bits per heavy atom. The van der Waals surface area contributed by atoms with Crippen molar-refractivity contribution < 1.29 is 14.3 Å². The monoisotopic (exact) mass is 604 g/mol. The minimum Gasteiger partial charge on any atom is -0.476 e. The third kappa shape index (κ3) is 6.46. The lowest BCUT2D eigenvalue weighted by Gasteiger charge is -2.24. The maximum atomic E-state index is 14.2. The van der Waals surface area contributed by atoms with E-state index in [0.717, 1.165) is 42.7 Å². The van der Waals surface area contributed by atoms with Crippen molar-refractivity contribution in [2.45, 2.75) is 63.8 Å². The zero-order chi connectivity index (χ0) is 31.3. The number of urea groups is 1. The maximum Gasteiger partial charge on any atom is 0.325 e. The van der Waals surface area contributed by atoms with Crippen molar-refractivity contribution in [3.05, 3.63) is 33.5 Å². The number of terminal acetylenes is 1. The number of nitrogens with two attached hydrogens (primary N) is 2. The third-order valence-corrected chi connectivity index (χ3v) is 9.46. The van der Waals surface area contributed by atoms with E-state index in [-0.39, 0.29) is 29.4 Å². The average molecular weight is 605 g/mol. The number of hydrogen-bond donors (Lipinski definition) is 2. The molecule has 0 aromatic carbocycles. The maximum absolute atomic E-state index is 14.2. The molecule has 12 heteroatoms. The Morgan fingerprint density at radius 3 is 2.60 bits per heavy atom. The Labute approximate surface area is 257 Å². The van der Waals surface area contributed by atoms with E-state index in [2.05, 4.69) is 40.8 Å². The Morgan fingerprint density at radius 1 is 1.21 bits per heavy atom. The smallest absolute Gasteiger partial charge is 0.325 e. The highest BCUT2D eigenvalue weighted by atomic mass is 32.1. The van der Waals surface area contributed by atoms with E-state index in [0.29, 0.717) is 66.8 Å². The first kappa shape index (κ1) is 31.8. The molecular formula is C31H40N8O3S. The summed E-state index contributed by atoms with van der Waals surface area (Å²) < 4.78 is 6.15. The third-order valence-electron chi connectivity index (χ3n) is 8.36. The molecule has 2 fully saturated rings. The fourth-order valence-corrected chi connectivity index (χ4v) is 7.14. The lowest BCUT2D eigenvalue weighted by molar-refractivity contribution is -0.117. The number of likely N-dealkylation sites (tertiary alicyclic amines) is 1. The number of carbonyl (C=O) groups is 2. The number of fused-ring (bicyclic) bond motifs is 1. The second-order valence-electron chi connectivity index (χ2n) is 11.1. The SMILES string of the molecule is C#C.CCC/C(C(=O)[C@H]1CCCc2sc(N)c(C#N)c21)=C(/N)c1nc(OC[C@@H]2CCCN2C)cc(N2CCN(C)C2=O)n1. The van der Waals surface area contributed by atoms with Gasteiger partial charge in [0.15, 0.2) is 11.6 Å². The fraction of sp³-hybridized carbons (Fsp3) is 0.516. The van der Waals surface area contributed by atoms with Gasteiger partial charge in [-0.15, -0.1) is 24.2 Å². The summed E-state index contributed by atoms with van der Waals surface area (Å²) in [6.45, 7) is 4.50. The molecule has 43 heavy (non-hydrogen) atoms. The summed E-state index contributed by atoms with van der Waals surface area (Å²) in [4.78, 5) is 42.8. The van der Waals surface area contributed by atoms with Crippen molar-refractivity contribution in [3.63, 3.8) is 0 Å². The Bertz CT molecular complexity index is 1460. The summed E-state index contributed by atoms with van der Waals surface area (Å²) in [7, 11) is 3.82. The first-order valence-electron chi connectivity index (χ1n) is 14.7. The summed E-state index contributed by atoms with van der Waals surface area (Å²) in [5, 5.41) is 10.3. The van der Waals surface area contributed by atoms with Gasteiger partial charge in [0.25, 0.3) is 0 Å². The van der Waals surface area contributed by atoms with Crippen LogP contribution in [0.5, 0.6) is 5.88 Å². The van der Waals surface area contributed by atoms with Gasteiger partial charge in [-0.2, -0.15) is 10.2 Å². The van der Waals surface area contributed by atoms with E-state index in [1.165, 1.54) is 11.3 Å². The molecule has 0 spiro atoms. The molecule has 11 nitrogen and oxygen atoms in total. The Balaban J connectivity index is 0.00000207. The number of likely N-dealkylation sites (N-methyl/N-ethyl adjacent to an activating group) is 2. The number of Topliss-reactive ketones (excluding diaryl/α,β-unsaturated/α-hetero) is 1. The largest absolute Gasteiger partial charge is 0.476 e. The molecule has 4 N–H and O–H groups in total. The van der Waals surface area contributed by atoms with Gasteiger partial charge in [0.05, 0.1) is 11.3 Å². The predicted molar refractivity (Wildman–Crippen MR) is 169 cm³/mol. The van der Waals surface area contributed by atoms with E-state index in [1.54, 1.807) is 22.9 Å². The van der Waals surface area contributed by atoms with Gasteiger partial charge in [-0.05, 0) is 57.7 Å². The molecule has 2 saturated heterocycles. The zero-order valence-electron chi connectivity index (χ0n) is 25.1. The van der Waals surface area contributed by atoms with Crippen LogP contribution in [0.25, 0.3) is 5.70 Å². The van der Waals surface area contributed by atoms with Gasteiger partial charge in [-0.25, -0.2) is 9.78 Å². The van der Waals surface area contributed by atoms with E-state index in [4.69, 9.17) is 16.2 Å². The number of ketones is 1. The molecule has 2 amide bonds. The van der Waals surface area contributed by atoms with Crippen LogP contribution in [0.1, 0.15) is 73.2 Å². The van der Waals surface area contributed by atoms with Crippen LogP contribution in [-0.2, 0) is 11.2 Å². The van der Waals surface area contributed by atoms with Gasteiger partial charge >= 0.3 is 6.03 Å². The topological polar surface area (TPSA) is 155 Å². The molecule has 228 valence electrons. The van der Waals surface area contributed by atoms with Crippen molar-refractivity contribution in [3.8, 4) is 24.8 Å². The molecule has 4 heterocycles. The number of nitrogens with zero attached hydrogens (tertiary/aromatic N) is 6. The molecule has 2 atom stereocenters. The first-order chi connectivity index (χ1) is 20.7. The number of nitrogen functional groups attached to an aromatic ring is 1. The normalized spacial score (nSPS) is 20.6. The number of amides is 2. The molecule has 2 aliphatic heterocycles. The molecule has 0 bridgehead atoms. The molecule has 1 aliphatic carbocycles. The number of allylic oxidation sites excluding steroid dienone is 1. The van der Waals surface area contributed by atoms with Crippen molar-refractivity contribution in [2.75, 3.05) is 51.0 Å². The predicted octanol–water partition coefficient (Wildman–Crippen LogP) is 3.75. The molecule has 2 aromatic heterocycles. The minimum absolute atomic E-state index is 0.124. The second kappa shape index (κ2) is 13.9. The van der Waals surface area contributed by atoms with Crippen molar-refractivity contribution in [2.24, 2.45) is 5.73 Å². The number of aromatic nitrogens is 2. The minimum atomic E-state index is -0.493. The number of nitriles is 1. The fourth-order valence-electron chi connectivity index (χ4n) is 6.02. The quantitative estimate of drug-likeness (QED) is 0.322. The zero-order valence-corrected chi connectivity index (χ0v) is 26.0. The summed E-state index contributed by atoms with van der Waals surface area (Å²) in [5.74, 6) is 0.255. The number of carbonyl (C=O) groups excluding carboxylic acids is 2. The van der Waals surface area contributed by atoms with Gasteiger partial charge in [0, 0.05) is 48.6 Å². The summed E-state index contributed by atoms with van der Waals surface area (Å²) >= 11 is 1.40. The second-order valence-corrected chi connectivity index (χ2v) is 12.2. The Hall–Kier alpha value is -4.13. The van der Waals surface area contributed by atoms with Crippen LogP contribution in [0.3, 0.4) is 0 Å². The van der Waals surface area contributed by atoms with Crippen molar-refractivity contribution in [1.29, 1.82) is 5.26 Å². The number of hydrogen-bond acceptors (Lipinski definition) is 10. The van der Waals surface area contributed by atoms with Crippen LogP contribution in [0.15, 0.2) is 11.6 Å². The van der Waals surface area contributed by atoms with Gasteiger partial charge in [0.1, 0.15) is 23.5 Å². The highest BCUT2D eigenvalue weighted by molar-refractivity contribution is 7.16. The average Bonchev–Trinajstić information content (AvgIpc) is 3.69. The summed E-state index contributed by atoms with van der Waals surface area (Å²) in [6.07, 6.45) is 13.5. The summed E-state index contributed by atoms with van der Waals surface area (Å²) in [5.41, 5.74) is 14.6. The number of ether oxygens (including phenoxy) is 1. The standard InChI is InChI=1S/C29H38N8O3S.C2H2/c1-4-7-19(26(38)18-9-5-10-21-24(18)20(15-30)27(32)41-21)25(31)28-33-22(37-13-12-36(3)29(37)39)14-23(34-28)40-16-17-8-6-11-35(17)2;1-2/h14,17-18H,4-13,16,31-32H2,1-3H3;1-2H/b25-19-;/t17-,18-;/m0./s1. The van der Waals surface area contributed by atoms with Crippen molar-refractivity contribution in [1.82, 2.24) is 19.8 Å². The van der Waals surface area contributed by atoms with Crippen LogP contribution < -0.4 is 21.1 Å². The lowest BCUT2D eigenvalue weighted by atomic mass is 9.79. The van der Waals surface area contributed by atoms with Crippen LogP contribution in [0.4, 0.5) is 15.6 Å². The van der Waals surface area contributed by atoms with E-state index in [9.17, 15) is 14.9 Å². The molecule has 0 radical (unpaired) electrons. The number of aryl methyl sites for hydroxylation is 1.